The van der Waals surface area contributed by atoms with E-state index in [4.69, 9.17) is 4.74 Å². The average Bonchev–Trinajstić information content (AvgIpc) is 2.39. The van der Waals surface area contributed by atoms with Gasteiger partial charge in [-0.25, -0.2) is 0 Å². The molecule has 0 aliphatic carbocycles. The van der Waals surface area contributed by atoms with Crippen LogP contribution in [-0.4, -0.2) is 13.2 Å². The molecule has 2 rings (SSSR count). The molecular weight excluding hydrogens is 208 g/mol. The molecule has 92 valence electrons. The Morgan fingerprint density at radius 1 is 1.24 bits per heavy atom. The fourth-order valence-corrected chi connectivity index (χ4v) is 2.49. The molecule has 1 heterocycles. The molecule has 0 amide bonds. The van der Waals surface area contributed by atoms with Crippen molar-refractivity contribution < 1.29 is 4.74 Å². The second-order valence-corrected chi connectivity index (χ2v) is 4.91. The van der Waals surface area contributed by atoms with E-state index in [1.165, 1.54) is 24.0 Å². The predicted molar refractivity (Wildman–Crippen MR) is 72.2 cm³/mol. The van der Waals surface area contributed by atoms with Crippen LogP contribution in [0.3, 0.4) is 0 Å². The Morgan fingerprint density at radius 3 is 2.47 bits per heavy atom. The van der Waals surface area contributed by atoms with Gasteiger partial charge in [-0.1, -0.05) is 41.5 Å². The number of ether oxygens (including phenoxy) is 1. The summed E-state index contributed by atoms with van der Waals surface area (Å²) in [5, 5.41) is 0. The third-order valence-electron chi connectivity index (χ3n) is 3.65. The van der Waals surface area contributed by atoms with E-state index >= 15 is 0 Å². The molecule has 0 bridgehead atoms. The zero-order valence-corrected chi connectivity index (χ0v) is 10.9. The zero-order valence-electron chi connectivity index (χ0n) is 10.9. The summed E-state index contributed by atoms with van der Waals surface area (Å²) in [6.45, 7) is 6.16. The molecule has 1 heteroatoms. The minimum atomic E-state index is 0.732. The number of hydrogen-bond donors (Lipinski definition) is 0. The fourth-order valence-electron chi connectivity index (χ4n) is 2.49. The van der Waals surface area contributed by atoms with Crippen molar-refractivity contribution in [2.45, 2.75) is 33.1 Å². The zero-order chi connectivity index (χ0) is 12.1. The van der Waals surface area contributed by atoms with Crippen molar-refractivity contribution in [3.63, 3.8) is 0 Å². The number of benzene rings is 1. The molecular formula is C16H22O. The molecule has 17 heavy (non-hydrogen) atoms. The summed E-state index contributed by atoms with van der Waals surface area (Å²) in [7, 11) is 0. The summed E-state index contributed by atoms with van der Waals surface area (Å²) in [6, 6.07) is 8.90. The highest BCUT2D eigenvalue weighted by Gasteiger charge is 2.17. The van der Waals surface area contributed by atoms with Crippen molar-refractivity contribution >= 4 is 0 Å². The molecule has 1 saturated heterocycles. The summed E-state index contributed by atoms with van der Waals surface area (Å²) in [6.07, 6.45) is 5.77. The number of rotatable bonds is 3. The van der Waals surface area contributed by atoms with E-state index in [0.29, 0.717) is 0 Å². The van der Waals surface area contributed by atoms with E-state index in [0.717, 1.165) is 25.6 Å². The van der Waals surface area contributed by atoms with Crippen molar-refractivity contribution in [3.05, 3.63) is 47.0 Å². The Hall–Kier alpha value is -1.08. The fraction of sp³-hybridized carbons (Fsp3) is 0.500. The number of allylic oxidation sites excluding steroid dienone is 2. The van der Waals surface area contributed by atoms with E-state index in [1.807, 2.05) is 0 Å². The Bertz CT molecular complexity index is 369. The summed E-state index contributed by atoms with van der Waals surface area (Å²) in [5.41, 5.74) is 4.34. The summed E-state index contributed by atoms with van der Waals surface area (Å²) < 4.78 is 5.43. The Labute approximate surface area is 104 Å². The van der Waals surface area contributed by atoms with Crippen LogP contribution in [0.15, 0.2) is 35.9 Å². The third-order valence-corrected chi connectivity index (χ3v) is 3.65. The molecule has 0 atom stereocenters. The SMILES string of the molecule is C/C=C(\Cc1ccc(C)cc1)C1CCOCC1. The highest BCUT2D eigenvalue weighted by Crippen LogP contribution is 2.26. The standard InChI is InChI=1S/C16H22O/c1-3-15(16-8-10-17-11-9-16)12-14-6-4-13(2)5-7-14/h3-7,16H,8-12H2,1-2H3/b15-3+. The van der Waals surface area contributed by atoms with Crippen LogP contribution in [0.5, 0.6) is 0 Å². The lowest BCUT2D eigenvalue weighted by molar-refractivity contribution is 0.0752. The Balaban J connectivity index is 2.02. The summed E-state index contributed by atoms with van der Waals surface area (Å²) >= 11 is 0. The molecule has 1 aliphatic heterocycles. The molecule has 0 radical (unpaired) electrons. The van der Waals surface area contributed by atoms with Crippen LogP contribution < -0.4 is 0 Å². The van der Waals surface area contributed by atoms with Crippen molar-refractivity contribution in [1.29, 1.82) is 0 Å². The van der Waals surface area contributed by atoms with Gasteiger partial charge >= 0.3 is 0 Å². The lowest BCUT2D eigenvalue weighted by Gasteiger charge is -2.25. The first kappa shape index (κ1) is 12.4. The van der Waals surface area contributed by atoms with Gasteiger partial charge in [-0.05, 0) is 44.6 Å². The first-order valence-electron chi connectivity index (χ1n) is 6.58. The van der Waals surface area contributed by atoms with Gasteiger partial charge in [-0.2, -0.15) is 0 Å². The molecule has 0 saturated carbocycles. The number of aryl methyl sites for hydroxylation is 1. The molecule has 1 nitrogen and oxygen atoms in total. The first-order valence-corrected chi connectivity index (χ1v) is 6.58. The van der Waals surface area contributed by atoms with E-state index in [9.17, 15) is 0 Å². The lowest BCUT2D eigenvalue weighted by atomic mass is 9.87. The van der Waals surface area contributed by atoms with Crippen molar-refractivity contribution in [1.82, 2.24) is 0 Å². The monoisotopic (exact) mass is 230 g/mol. The molecule has 0 aromatic heterocycles. The summed E-state index contributed by atoms with van der Waals surface area (Å²) in [5.74, 6) is 0.732. The van der Waals surface area contributed by atoms with Crippen LogP contribution in [0.1, 0.15) is 30.9 Å². The van der Waals surface area contributed by atoms with Gasteiger partial charge in [0.15, 0.2) is 0 Å². The van der Waals surface area contributed by atoms with E-state index in [2.05, 4.69) is 44.2 Å². The van der Waals surface area contributed by atoms with E-state index in [1.54, 1.807) is 5.57 Å². The van der Waals surface area contributed by atoms with Crippen LogP contribution in [0, 0.1) is 12.8 Å². The van der Waals surface area contributed by atoms with Crippen LogP contribution in [0.25, 0.3) is 0 Å². The van der Waals surface area contributed by atoms with Gasteiger partial charge in [0.25, 0.3) is 0 Å². The van der Waals surface area contributed by atoms with Gasteiger partial charge < -0.3 is 4.74 Å². The second kappa shape index (κ2) is 6.02. The van der Waals surface area contributed by atoms with Crippen molar-refractivity contribution in [3.8, 4) is 0 Å². The van der Waals surface area contributed by atoms with Crippen LogP contribution in [0.4, 0.5) is 0 Å². The smallest absolute Gasteiger partial charge is 0.0471 e. The van der Waals surface area contributed by atoms with Gasteiger partial charge in [0, 0.05) is 13.2 Å². The van der Waals surface area contributed by atoms with Crippen LogP contribution in [0.2, 0.25) is 0 Å². The van der Waals surface area contributed by atoms with Crippen LogP contribution >= 0.6 is 0 Å². The maximum absolute atomic E-state index is 5.43. The molecule has 1 aromatic rings. The van der Waals surface area contributed by atoms with Crippen LogP contribution in [-0.2, 0) is 11.2 Å². The molecule has 1 aromatic carbocycles. The van der Waals surface area contributed by atoms with Gasteiger partial charge in [-0.15, -0.1) is 0 Å². The van der Waals surface area contributed by atoms with Gasteiger partial charge in [0.05, 0.1) is 0 Å². The number of hydrogen-bond acceptors (Lipinski definition) is 1. The predicted octanol–water partition coefficient (Wildman–Crippen LogP) is 3.91. The van der Waals surface area contributed by atoms with Crippen molar-refractivity contribution in [2.75, 3.05) is 13.2 Å². The topological polar surface area (TPSA) is 9.23 Å². The van der Waals surface area contributed by atoms with Gasteiger partial charge in [0.2, 0.25) is 0 Å². The minimum Gasteiger partial charge on any atom is -0.381 e. The van der Waals surface area contributed by atoms with E-state index < -0.39 is 0 Å². The van der Waals surface area contributed by atoms with Gasteiger partial charge in [-0.3, -0.25) is 0 Å². The Kier molecular flexibility index (Phi) is 4.38. The molecule has 0 spiro atoms. The molecule has 1 fully saturated rings. The quantitative estimate of drug-likeness (QED) is 0.715. The van der Waals surface area contributed by atoms with Gasteiger partial charge in [0.1, 0.15) is 0 Å². The molecule has 1 aliphatic rings. The summed E-state index contributed by atoms with van der Waals surface area (Å²) in [4.78, 5) is 0. The maximum atomic E-state index is 5.43. The largest absolute Gasteiger partial charge is 0.381 e. The van der Waals surface area contributed by atoms with E-state index in [-0.39, 0.29) is 0 Å². The van der Waals surface area contributed by atoms with Crippen molar-refractivity contribution in [2.24, 2.45) is 5.92 Å². The molecule has 0 unspecified atom stereocenters. The third kappa shape index (κ3) is 3.44. The first-order chi connectivity index (χ1) is 8.29. The lowest BCUT2D eigenvalue weighted by Crippen LogP contribution is -2.18. The maximum Gasteiger partial charge on any atom is 0.0471 e. The second-order valence-electron chi connectivity index (χ2n) is 4.91. The minimum absolute atomic E-state index is 0.732. The highest BCUT2D eigenvalue weighted by atomic mass is 16.5. The highest BCUT2D eigenvalue weighted by molar-refractivity contribution is 5.26. The Morgan fingerprint density at radius 2 is 1.88 bits per heavy atom. The molecule has 0 N–H and O–H groups in total. The normalized spacial score (nSPS) is 18.4. The average molecular weight is 230 g/mol.